The number of carbonyl (C=O) groups is 1. The third kappa shape index (κ3) is 3.51. The Bertz CT molecular complexity index is 723. The summed E-state index contributed by atoms with van der Waals surface area (Å²) in [5, 5.41) is 5.14. The van der Waals surface area contributed by atoms with E-state index in [1.54, 1.807) is 24.3 Å². The lowest BCUT2D eigenvalue weighted by atomic mass is 10.1. The monoisotopic (exact) mass is 338 g/mol. The van der Waals surface area contributed by atoms with Gasteiger partial charge in [-0.1, -0.05) is 29.3 Å². The number of aromatic nitrogens is 2. The maximum absolute atomic E-state index is 12.3. The topological polar surface area (TPSA) is 44.1 Å². The normalized spacial score (nSPS) is 10.5. The van der Waals surface area contributed by atoms with E-state index in [-0.39, 0.29) is 12.5 Å². The van der Waals surface area contributed by atoms with E-state index in [0.717, 1.165) is 17.0 Å². The zero-order chi connectivity index (χ0) is 16.3. The summed E-state index contributed by atoms with van der Waals surface area (Å²) < 4.78 is 6.81. The second-order valence-electron chi connectivity index (χ2n) is 4.81. The van der Waals surface area contributed by atoms with Crippen molar-refractivity contribution in [1.29, 1.82) is 0 Å². The number of rotatable bonds is 5. The molecule has 0 saturated carbocycles. The van der Waals surface area contributed by atoms with Crippen LogP contribution in [0.15, 0.2) is 30.9 Å². The molecule has 0 aliphatic rings. The van der Waals surface area contributed by atoms with Crippen LogP contribution in [0.5, 0.6) is 5.75 Å². The van der Waals surface area contributed by atoms with E-state index in [4.69, 9.17) is 27.9 Å². The van der Waals surface area contributed by atoms with E-state index >= 15 is 0 Å². The Hall–Kier alpha value is -1.78. The summed E-state index contributed by atoms with van der Waals surface area (Å²) in [6, 6.07) is 4.84. The van der Waals surface area contributed by atoms with Gasteiger partial charge in [-0.3, -0.25) is 4.79 Å². The molecule has 6 heteroatoms. The first kappa shape index (κ1) is 16.6. The van der Waals surface area contributed by atoms with Gasteiger partial charge >= 0.3 is 0 Å². The van der Waals surface area contributed by atoms with Crippen LogP contribution in [0, 0.1) is 13.8 Å². The van der Waals surface area contributed by atoms with Crippen molar-refractivity contribution in [3.05, 3.63) is 57.9 Å². The molecule has 1 aromatic carbocycles. The van der Waals surface area contributed by atoms with Gasteiger partial charge in [0.2, 0.25) is 0 Å². The summed E-state index contributed by atoms with van der Waals surface area (Å²) in [4.78, 5) is 12.3. The smallest absolute Gasteiger partial charge is 0.284 e. The van der Waals surface area contributed by atoms with E-state index in [9.17, 15) is 4.79 Å². The molecule has 0 N–H and O–H groups in total. The summed E-state index contributed by atoms with van der Waals surface area (Å²) in [7, 11) is 0. The lowest BCUT2D eigenvalue weighted by molar-refractivity contribution is 0.0818. The summed E-state index contributed by atoms with van der Waals surface area (Å²) in [5.74, 6) is 0.147. The molecule has 116 valence electrons. The van der Waals surface area contributed by atoms with Crippen LogP contribution >= 0.6 is 23.2 Å². The molecule has 0 saturated heterocycles. The maximum Gasteiger partial charge on any atom is 0.284 e. The molecule has 0 aliphatic heterocycles. The predicted molar refractivity (Wildman–Crippen MR) is 88.2 cm³/mol. The fourth-order valence-electron chi connectivity index (χ4n) is 2.15. The zero-order valence-electron chi connectivity index (χ0n) is 12.4. The first-order valence-corrected chi connectivity index (χ1v) is 7.46. The molecule has 22 heavy (non-hydrogen) atoms. The molecule has 0 radical (unpaired) electrons. The Balaban J connectivity index is 2.13. The van der Waals surface area contributed by atoms with Crippen LogP contribution in [0.1, 0.15) is 21.7 Å². The van der Waals surface area contributed by atoms with Gasteiger partial charge in [0.1, 0.15) is 5.75 Å². The lowest BCUT2D eigenvalue weighted by Crippen LogP contribution is -2.21. The second-order valence-corrected chi connectivity index (χ2v) is 5.65. The van der Waals surface area contributed by atoms with E-state index in [0.29, 0.717) is 22.2 Å². The van der Waals surface area contributed by atoms with Crippen LogP contribution in [-0.2, 0) is 6.42 Å². The van der Waals surface area contributed by atoms with Crippen LogP contribution in [0.2, 0.25) is 10.0 Å². The number of aryl methyl sites for hydroxylation is 1. The van der Waals surface area contributed by atoms with Crippen molar-refractivity contribution in [2.24, 2.45) is 0 Å². The van der Waals surface area contributed by atoms with Crippen molar-refractivity contribution in [3.63, 3.8) is 0 Å². The second kappa shape index (κ2) is 6.99. The van der Waals surface area contributed by atoms with Gasteiger partial charge in [-0.05, 0) is 38.5 Å². The van der Waals surface area contributed by atoms with Gasteiger partial charge in [-0.15, -0.1) is 6.58 Å². The quantitative estimate of drug-likeness (QED) is 0.765. The van der Waals surface area contributed by atoms with Gasteiger partial charge in [-0.2, -0.15) is 5.10 Å². The maximum atomic E-state index is 12.3. The predicted octanol–water partition coefficient (Wildman–Crippen LogP) is 4.25. The SMILES string of the molecule is C=CCc1c(C)nn(C(=O)COc2ccc(Cl)cc2Cl)c1C. The molecule has 0 amide bonds. The van der Waals surface area contributed by atoms with E-state index in [1.165, 1.54) is 4.68 Å². The number of benzene rings is 1. The number of hydrogen-bond donors (Lipinski definition) is 0. The first-order valence-electron chi connectivity index (χ1n) is 6.71. The molecular formula is C16H16Cl2N2O2. The number of nitrogens with zero attached hydrogens (tertiary/aromatic N) is 2. The summed E-state index contributed by atoms with van der Waals surface area (Å²) in [5.41, 5.74) is 2.62. The molecule has 0 aliphatic carbocycles. The van der Waals surface area contributed by atoms with Gasteiger partial charge in [0.05, 0.1) is 10.7 Å². The van der Waals surface area contributed by atoms with Gasteiger partial charge in [0.15, 0.2) is 6.61 Å². The highest BCUT2D eigenvalue weighted by Crippen LogP contribution is 2.27. The van der Waals surface area contributed by atoms with Gasteiger partial charge < -0.3 is 4.74 Å². The van der Waals surface area contributed by atoms with Crippen molar-refractivity contribution in [2.75, 3.05) is 6.61 Å². The molecular weight excluding hydrogens is 323 g/mol. The Kier molecular flexibility index (Phi) is 5.27. The van der Waals surface area contributed by atoms with Crippen molar-refractivity contribution in [3.8, 4) is 5.75 Å². The van der Waals surface area contributed by atoms with Crippen molar-refractivity contribution < 1.29 is 9.53 Å². The third-order valence-corrected chi connectivity index (χ3v) is 3.80. The largest absolute Gasteiger partial charge is 0.482 e. The van der Waals surface area contributed by atoms with Gasteiger partial charge in [0.25, 0.3) is 5.91 Å². The molecule has 1 heterocycles. The van der Waals surface area contributed by atoms with Gasteiger partial charge in [-0.25, -0.2) is 4.68 Å². The van der Waals surface area contributed by atoms with Crippen LogP contribution in [0.25, 0.3) is 0 Å². The number of allylic oxidation sites excluding steroid dienone is 1. The molecule has 0 atom stereocenters. The Morgan fingerprint density at radius 3 is 2.77 bits per heavy atom. The van der Waals surface area contributed by atoms with E-state index < -0.39 is 0 Å². The molecule has 0 unspecified atom stereocenters. The van der Waals surface area contributed by atoms with Crippen LogP contribution < -0.4 is 4.74 Å². The first-order chi connectivity index (χ1) is 10.4. The highest BCUT2D eigenvalue weighted by molar-refractivity contribution is 6.35. The standard InChI is InChI=1S/C16H16Cl2N2O2/c1-4-5-13-10(2)19-20(11(13)3)16(21)9-22-15-7-6-12(17)8-14(15)18/h4,6-8H,1,5,9H2,2-3H3. The molecule has 0 fully saturated rings. The summed E-state index contributed by atoms with van der Waals surface area (Å²) >= 11 is 11.8. The fraction of sp³-hybridized carbons (Fsp3) is 0.250. The van der Waals surface area contributed by atoms with Gasteiger partial charge in [0, 0.05) is 16.3 Å². The third-order valence-electron chi connectivity index (χ3n) is 3.27. The molecule has 1 aromatic heterocycles. The van der Waals surface area contributed by atoms with E-state index in [1.807, 2.05) is 13.8 Å². The molecule has 2 aromatic rings. The minimum Gasteiger partial charge on any atom is -0.482 e. The summed E-state index contributed by atoms with van der Waals surface area (Å²) in [6.45, 7) is 7.28. The van der Waals surface area contributed by atoms with Crippen molar-refractivity contribution in [2.45, 2.75) is 20.3 Å². The molecule has 0 bridgehead atoms. The van der Waals surface area contributed by atoms with Crippen LogP contribution in [-0.4, -0.2) is 22.3 Å². The van der Waals surface area contributed by atoms with Crippen molar-refractivity contribution in [1.82, 2.24) is 9.78 Å². The minimum atomic E-state index is -0.262. The number of carbonyl (C=O) groups excluding carboxylic acids is 1. The number of ether oxygens (including phenoxy) is 1. The Morgan fingerprint density at radius 2 is 2.14 bits per heavy atom. The average molecular weight is 339 g/mol. The number of hydrogen-bond acceptors (Lipinski definition) is 3. The average Bonchev–Trinajstić information content (AvgIpc) is 2.74. The summed E-state index contributed by atoms with van der Waals surface area (Å²) in [6.07, 6.45) is 2.46. The van der Waals surface area contributed by atoms with Crippen LogP contribution in [0.3, 0.4) is 0 Å². The Morgan fingerprint density at radius 1 is 1.41 bits per heavy atom. The highest BCUT2D eigenvalue weighted by atomic mass is 35.5. The van der Waals surface area contributed by atoms with Crippen LogP contribution in [0.4, 0.5) is 0 Å². The number of halogens is 2. The zero-order valence-corrected chi connectivity index (χ0v) is 13.9. The van der Waals surface area contributed by atoms with Crippen molar-refractivity contribution >= 4 is 29.1 Å². The minimum absolute atomic E-state index is 0.156. The lowest BCUT2D eigenvalue weighted by Gasteiger charge is -2.08. The van der Waals surface area contributed by atoms with E-state index in [2.05, 4.69) is 11.7 Å². The highest BCUT2D eigenvalue weighted by Gasteiger charge is 2.16. The fourth-order valence-corrected chi connectivity index (χ4v) is 2.61. The molecule has 0 spiro atoms. The molecule has 2 rings (SSSR count). The molecule has 4 nitrogen and oxygen atoms in total. The Labute approximate surface area is 139 Å².